The summed E-state index contributed by atoms with van der Waals surface area (Å²) in [6, 6.07) is 5.84. The van der Waals surface area contributed by atoms with Crippen molar-refractivity contribution in [2.45, 2.75) is 26.3 Å². The summed E-state index contributed by atoms with van der Waals surface area (Å²) in [6.07, 6.45) is 3.94. The number of benzene rings is 1. The summed E-state index contributed by atoms with van der Waals surface area (Å²) in [6.45, 7) is 4.47. The van der Waals surface area contributed by atoms with Crippen molar-refractivity contribution in [3.05, 3.63) is 30.6 Å². The van der Waals surface area contributed by atoms with Crippen LogP contribution in [-0.4, -0.2) is 23.5 Å². The first-order valence-electron chi connectivity index (χ1n) is 6.73. The normalized spacial score (nSPS) is 10.8. The number of rotatable bonds is 5. The van der Waals surface area contributed by atoms with Crippen LogP contribution in [0.3, 0.4) is 0 Å². The summed E-state index contributed by atoms with van der Waals surface area (Å²) in [5.74, 6) is 0.0466. The fraction of sp³-hybridized carbons (Fsp3) is 0.333. The summed E-state index contributed by atoms with van der Waals surface area (Å²) in [5, 5.41) is 8.06. The zero-order valence-electron chi connectivity index (χ0n) is 11.8. The molecule has 20 heavy (non-hydrogen) atoms. The molecule has 0 aliphatic carbocycles. The molecule has 0 saturated heterocycles. The molecule has 0 radical (unpaired) electrons. The first-order chi connectivity index (χ1) is 9.58. The summed E-state index contributed by atoms with van der Waals surface area (Å²) in [7, 11) is 0. The molecule has 0 spiro atoms. The Hall–Kier alpha value is -2.30. The lowest BCUT2D eigenvalue weighted by Gasteiger charge is -2.12. The van der Waals surface area contributed by atoms with Crippen LogP contribution >= 0.6 is 0 Å². The Labute approximate surface area is 118 Å². The highest BCUT2D eigenvalue weighted by Crippen LogP contribution is 2.27. The first kappa shape index (κ1) is 14.1. The Morgan fingerprint density at radius 1 is 1.30 bits per heavy atom. The molecule has 0 saturated carbocycles. The number of hydrogen-bond donors (Lipinski definition) is 3. The third kappa shape index (κ3) is 3.38. The number of fused-ring (bicyclic) bond motifs is 1. The molecule has 0 atom stereocenters. The standard InChI is InChI=1S/C15H20N4O/c1-10(2)19-15(20)6-8-18-14-4-3-13(16)11-5-7-17-9-12(11)14/h3-5,7,9-10,18H,6,8,16H2,1-2H3,(H,19,20). The number of anilines is 2. The van der Waals surface area contributed by atoms with Crippen LogP contribution in [0.4, 0.5) is 11.4 Å². The zero-order valence-corrected chi connectivity index (χ0v) is 11.8. The van der Waals surface area contributed by atoms with Crippen LogP contribution < -0.4 is 16.4 Å². The fourth-order valence-corrected chi connectivity index (χ4v) is 2.07. The Balaban J connectivity index is 2.04. The van der Waals surface area contributed by atoms with E-state index < -0.39 is 0 Å². The number of pyridine rings is 1. The predicted octanol–water partition coefficient (Wildman–Crippen LogP) is 2.14. The van der Waals surface area contributed by atoms with Gasteiger partial charge >= 0.3 is 0 Å². The van der Waals surface area contributed by atoms with Crippen LogP contribution in [0.1, 0.15) is 20.3 Å². The number of nitrogens with one attached hydrogen (secondary N) is 2. The minimum atomic E-state index is 0.0466. The van der Waals surface area contributed by atoms with Gasteiger partial charge in [-0.15, -0.1) is 0 Å². The van der Waals surface area contributed by atoms with Crippen molar-refractivity contribution in [3.63, 3.8) is 0 Å². The Bertz CT molecular complexity index is 610. The number of nitrogens with two attached hydrogens (primary N) is 1. The Morgan fingerprint density at radius 2 is 2.10 bits per heavy atom. The SMILES string of the molecule is CC(C)NC(=O)CCNc1ccc(N)c2ccncc12. The number of nitrogens with zero attached hydrogens (tertiary/aromatic N) is 1. The van der Waals surface area contributed by atoms with Crippen LogP contribution in [0.2, 0.25) is 0 Å². The minimum absolute atomic E-state index is 0.0466. The van der Waals surface area contributed by atoms with Gasteiger partial charge in [0.1, 0.15) is 0 Å². The van der Waals surface area contributed by atoms with Crippen LogP contribution in [0.5, 0.6) is 0 Å². The van der Waals surface area contributed by atoms with Crippen LogP contribution in [0.25, 0.3) is 10.8 Å². The second kappa shape index (κ2) is 6.23. The fourth-order valence-electron chi connectivity index (χ4n) is 2.07. The van der Waals surface area contributed by atoms with E-state index in [0.29, 0.717) is 13.0 Å². The number of hydrogen-bond acceptors (Lipinski definition) is 4. The molecule has 0 fully saturated rings. The number of carbonyl (C=O) groups excluding carboxylic acids is 1. The van der Waals surface area contributed by atoms with Gasteiger partial charge in [0.15, 0.2) is 0 Å². The Morgan fingerprint density at radius 3 is 2.85 bits per heavy atom. The second-order valence-corrected chi connectivity index (χ2v) is 5.02. The van der Waals surface area contributed by atoms with Gasteiger partial charge < -0.3 is 16.4 Å². The van der Waals surface area contributed by atoms with E-state index in [1.807, 2.05) is 32.0 Å². The summed E-state index contributed by atoms with van der Waals surface area (Å²) < 4.78 is 0. The van der Waals surface area contributed by atoms with E-state index >= 15 is 0 Å². The molecule has 0 aliphatic rings. The molecule has 4 N–H and O–H groups in total. The number of carbonyl (C=O) groups is 1. The number of amides is 1. The lowest BCUT2D eigenvalue weighted by Crippen LogP contribution is -2.31. The average Bonchev–Trinajstić information content (AvgIpc) is 2.41. The zero-order chi connectivity index (χ0) is 14.5. The smallest absolute Gasteiger partial charge is 0.221 e. The van der Waals surface area contributed by atoms with Crippen LogP contribution in [-0.2, 0) is 4.79 Å². The van der Waals surface area contributed by atoms with E-state index in [2.05, 4.69) is 15.6 Å². The van der Waals surface area contributed by atoms with Crippen molar-refractivity contribution in [3.8, 4) is 0 Å². The second-order valence-electron chi connectivity index (χ2n) is 5.02. The van der Waals surface area contributed by atoms with Crippen molar-refractivity contribution in [2.75, 3.05) is 17.6 Å². The van der Waals surface area contributed by atoms with Gasteiger partial charge in [-0.05, 0) is 32.0 Å². The van der Waals surface area contributed by atoms with Gasteiger partial charge in [-0.2, -0.15) is 0 Å². The van der Waals surface area contributed by atoms with Crippen molar-refractivity contribution >= 4 is 28.1 Å². The molecule has 1 heterocycles. The predicted molar refractivity (Wildman–Crippen MR) is 82.5 cm³/mol. The molecule has 5 heteroatoms. The topological polar surface area (TPSA) is 80.0 Å². The van der Waals surface area contributed by atoms with Crippen molar-refractivity contribution in [1.29, 1.82) is 0 Å². The molecule has 1 aromatic carbocycles. The van der Waals surface area contributed by atoms with Crippen LogP contribution in [0.15, 0.2) is 30.6 Å². The third-order valence-corrected chi connectivity index (χ3v) is 2.97. The van der Waals surface area contributed by atoms with Gasteiger partial charge in [-0.25, -0.2) is 0 Å². The maximum Gasteiger partial charge on any atom is 0.221 e. The lowest BCUT2D eigenvalue weighted by atomic mass is 10.1. The molecular formula is C15H20N4O. The molecule has 1 amide bonds. The largest absolute Gasteiger partial charge is 0.398 e. The molecule has 1 aromatic heterocycles. The van der Waals surface area contributed by atoms with E-state index in [-0.39, 0.29) is 11.9 Å². The average molecular weight is 272 g/mol. The van der Waals surface area contributed by atoms with Crippen molar-refractivity contribution in [2.24, 2.45) is 0 Å². The third-order valence-electron chi connectivity index (χ3n) is 2.97. The Kier molecular flexibility index (Phi) is 4.40. The van der Waals surface area contributed by atoms with E-state index in [0.717, 1.165) is 22.1 Å². The van der Waals surface area contributed by atoms with Crippen LogP contribution in [0, 0.1) is 0 Å². The summed E-state index contributed by atoms with van der Waals surface area (Å²) in [5.41, 5.74) is 7.61. The van der Waals surface area contributed by atoms with Crippen molar-refractivity contribution < 1.29 is 4.79 Å². The highest BCUT2D eigenvalue weighted by Gasteiger charge is 2.06. The van der Waals surface area contributed by atoms with E-state index in [4.69, 9.17) is 5.73 Å². The van der Waals surface area contributed by atoms with Crippen molar-refractivity contribution in [1.82, 2.24) is 10.3 Å². The lowest BCUT2D eigenvalue weighted by molar-refractivity contribution is -0.121. The highest BCUT2D eigenvalue weighted by atomic mass is 16.1. The van der Waals surface area contributed by atoms with E-state index in [1.165, 1.54) is 0 Å². The first-order valence-corrected chi connectivity index (χ1v) is 6.73. The molecule has 0 bridgehead atoms. The maximum absolute atomic E-state index is 11.6. The number of nitrogen functional groups attached to an aromatic ring is 1. The number of aromatic nitrogens is 1. The highest BCUT2D eigenvalue weighted by molar-refractivity contribution is 6.00. The minimum Gasteiger partial charge on any atom is -0.398 e. The molecule has 0 aliphatic heterocycles. The summed E-state index contributed by atoms with van der Waals surface area (Å²) >= 11 is 0. The molecular weight excluding hydrogens is 252 g/mol. The van der Waals surface area contributed by atoms with Gasteiger partial charge in [0.25, 0.3) is 0 Å². The summed E-state index contributed by atoms with van der Waals surface area (Å²) in [4.78, 5) is 15.7. The molecule has 5 nitrogen and oxygen atoms in total. The molecule has 2 aromatic rings. The monoisotopic (exact) mass is 272 g/mol. The van der Waals surface area contributed by atoms with Gasteiger partial charge in [-0.3, -0.25) is 9.78 Å². The quantitative estimate of drug-likeness (QED) is 0.729. The van der Waals surface area contributed by atoms with Gasteiger partial charge in [0, 0.05) is 53.5 Å². The maximum atomic E-state index is 11.6. The van der Waals surface area contributed by atoms with E-state index in [9.17, 15) is 4.79 Å². The van der Waals surface area contributed by atoms with Gasteiger partial charge in [0.2, 0.25) is 5.91 Å². The molecule has 0 unspecified atom stereocenters. The molecule has 106 valence electrons. The van der Waals surface area contributed by atoms with E-state index in [1.54, 1.807) is 12.4 Å². The van der Waals surface area contributed by atoms with Gasteiger partial charge in [0.05, 0.1) is 0 Å². The molecule has 2 rings (SSSR count). The van der Waals surface area contributed by atoms with Gasteiger partial charge in [-0.1, -0.05) is 0 Å².